The van der Waals surface area contributed by atoms with E-state index in [-0.39, 0.29) is 0 Å². The molecule has 0 saturated heterocycles. The van der Waals surface area contributed by atoms with Gasteiger partial charge in [-0.15, -0.1) is 0 Å². The molecule has 1 aliphatic rings. The molecule has 2 heterocycles. The Kier molecular flexibility index (Phi) is 3.82. The predicted octanol–water partition coefficient (Wildman–Crippen LogP) is 4.11. The summed E-state index contributed by atoms with van der Waals surface area (Å²) < 4.78 is 2.23. The van der Waals surface area contributed by atoms with Gasteiger partial charge in [0.05, 0.1) is 20.5 Å². The molecule has 4 aromatic rings. The SMILES string of the molecule is Cc1c2c(cc3ccccc13)P(C)c1cc([Si](C)(C)C)cc3nc[n+](C)c-2c13. The van der Waals surface area contributed by atoms with Gasteiger partial charge in [0, 0.05) is 5.56 Å². The largest absolute Gasteiger partial charge is 0.287 e. The zero-order valence-corrected chi connectivity index (χ0v) is 19.4. The Hall–Kier alpha value is -2.09. The number of benzene rings is 3. The van der Waals surface area contributed by atoms with Crippen LogP contribution in [-0.2, 0) is 7.05 Å². The molecule has 0 amide bonds. The molecule has 4 heteroatoms. The number of aromatic nitrogens is 2. The molecule has 0 radical (unpaired) electrons. The van der Waals surface area contributed by atoms with Crippen LogP contribution in [0.25, 0.3) is 32.9 Å². The number of nitrogens with zero attached hydrogens (tertiary/aromatic N) is 2. The van der Waals surface area contributed by atoms with Crippen molar-refractivity contribution in [1.82, 2.24) is 4.98 Å². The van der Waals surface area contributed by atoms with Crippen LogP contribution in [0.4, 0.5) is 0 Å². The van der Waals surface area contributed by atoms with Crippen molar-refractivity contribution in [2.45, 2.75) is 26.6 Å². The number of fused-ring (bicyclic) bond motifs is 3. The minimum absolute atomic E-state index is 0.409. The van der Waals surface area contributed by atoms with Gasteiger partial charge < -0.3 is 0 Å². The Morgan fingerprint density at radius 2 is 1.75 bits per heavy atom. The zero-order valence-electron chi connectivity index (χ0n) is 17.5. The smallest absolute Gasteiger partial charge is 0.232 e. The average Bonchev–Trinajstić information content (AvgIpc) is 2.66. The van der Waals surface area contributed by atoms with Gasteiger partial charge in [0.2, 0.25) is 0 Å². The Balaban J connectivity index is 1.98. The number of aryl methyl sites for hydroxylation is 2. The third-order valence-corrected chi connectivity index (χ3v) is 10.3. The van der Waals surface area contributed by atoms with Crippen LogP contribution in [0.15, 0.2) is 48.8 Å². The van der Waals surface area contributed by atoms with Crippen LogP contribution in [0.3, 0.4) is 0 Å². The minimum Gasteiger partial charge on any atom is -0.232 e. The van der Waals surface area contributed by atoms with E-state index < -0.39 is 16.0 Å². The highest BCUT2D eigenvalue weighted by Crippen LogP contribution is 2.44. The number of hydrogen-bond donors (Lipinski definition) is 0. The molecule has 2 nitrogen and oxygen atoms in total. The molecule has 1 aromatic heterocycles. The van der Waals surface area contributed by atoms with E-state index in [1.807, 2.05) is 6.33 Å². The molecule has 0 aliphatic carbocycles. The molecule has 1 atom stereocenters. The number of rotatable bonds is 1. The van der Waals surface area contributed by atoms with E-state index in [2.05, 4.69) is 87.3 Å². The van der Waals surface area contributed by atoms with Crippen LogP contribution in [-0.4, -0.2) is 19.7 Å². The highest BCUT2D eigenvalue weighted by molar-refractivity contribution is 7.73. The van der Waals surface area contributed by atoms with Crippen LogP contribution in [0, 0.1) is 6.92 Å². The van der Waals surface area contributed by atoms with Crippen LogP contribution >= 0.6 is 7.92 Å². The topological polar surface area (TPSA) is 16.8 Å². The maximum absolute atomic E-state index is 4.85. The lowest BCUT2D eigenvalue weighted by Crippen LogP contribution is -2.42. The highest BCUT2D eigenvalue weighted by atomic mass is 31.1. The Labute approximate surface area is 169 Å². The second kappa shape index (κ2) is 5.95. The van der Waals surface area contributed by atoms with Gasteiger partial charge in [-0.1, -0.05) is 55.2 Å². The molecule has 0 N–H and O–H groups in total. The van der Waals surface area contributed by atoms with Crippen molar-refractivity contribution >= 4 is 53.5 Å². The maximum atomic E-state index is 4.85. The van der Waals surface area contributed by atoms with Gasteiger partial charge in [0.15, 0.2) is 5.52 Å². The third kappa shape index (κ3) is 2.43. The monoisotopic (exact) mass is 401 g/mol. The molecular formula is C24H26N2PSi+. The fourth-order valence-corrected chi connectivity index (χ4v) is 7.90. The lowest BCUT2D eigenvalue weighted by molar-refractivity contribution is -0.662. The molecule has 1 aliphatic heterocycles. The molecule has 5 rings (SSSR count). The summed E-state index contributed by atoms with van der Waals surface area (Å²) in [5.41, 5.74) is 5.32. The summed E-state index contributed by atoms with van der Waals surface area (Å²) in [6.07, 6.45) is 2.00. The molecule has 28 heavy (non-hydrogen) atoms. The van der Waals surface area contributed by atoms with Crippen LogP contribution < -0.4 is 20.4 Å². The third-order valence-electron chi connectivity index (χ3n) is 6.17. The van der Waals surface area contributed by atoms with Crippen molar-refractivity contribution in [2.24, 2.45) is 7.05 Å². The molecule has 3 aromatic carbocycles. The van der Waals surface area contributed by atoms with Crippen molar-refractivity contribution in [2.75, 3.05) is 6.66 Å². The van der Waals surface area contributed by atoms with E-state index in [4.69, 9.17) is 4.98 Å². The van der Waals surface area contributed by atoms with E-state index >= 15 is 0 Å². The average molecular weight is 402 g/mol. The summed E-state index contributed by atoms with van der Waals surface area (Å²) in [7, 11) is 0.312. The summed E-state index contributed by atoms with van der Waals surface area (Å²) in [5.74, 6) is 0. The zero-order chi connectivity index (χ0) is 19.8. The minimum atomic E-state index is -1.42. The van der Waals surface area contributed by atoms with E-state index in [1.165, 1.54) is 48.8 Å². The van der Waals surface area contributed by atoms with Crippen molar-refractivity contribution < 1.29 is 4.57 Å². The standard InChI is InChI=1S/C24H26N2PSi/c1-15-18-10-8-7-9-16(18)11-20-22(15)24-23-19(25-14-26(24)2)12-17(28(4,5)6)13-21(23)27(20)3/h7-14H,1-6H3/q+1. The van der Waals surface area contributed by atoms with Gasteiger partial charge >= 0.3 is 0 Å². The van der Waals surface area contributed by atoms with Gasteiger partial charge in [0.25, 0.3) is 6.33 Å². The normalized spacial score (nSPS) is 15.9. The molecule has 0 saturated carbocycles. The van der Waals surface area contributed by atoms with E-state index in [1.54, 1.807) is 0 Å². The van der Waals surface area contributed by atoms with Gasteiger partial charge in [-0.2, -0.15) is 0 Å². The van der Waals surface area contributed by atoms with Gasteiger partial charge in [0.1, 0.15) is 5.69 Å². The van der Waals surface area contributed by atoms with E-state index in [9.17, 15) is 0 Å². The van der Waals surface area contributed by atoms with Crippen LogP contribution in [0.2, 0.25) is 19.6 Å². The Morgan fingerprint density at radius 3 is 2.50 bits per heavy atom. The lowest BCUT2D eigenvalue weighted by Gasteiger charge is -2.29. The summed E-state index contributed by atoms with van der Waals surface area (Å²) in [6.45, 7) is 12.0. The molecule has 140 valence electrons. The first kappa shape index (κ1) is 18.0. The Bertz CT molecular complexity index is 1290. The van der Waals surface area contributed by atoms with Crippen molar-refractivity contribution in [3.8, 4) is 11.3 Å². The van der Waals surface area contributed by atoms with Crippen molar-refractivity contribution in [3.05, 3.63) is 54.4 Å². The lowest BCUT2D eigenvalue weighted by atomic mass is 9.95. The summed E-state index contributed by atoms with van der Waals surface area (Å²) in [4.78, 5) is 4.85. The maximum Gasteiger partial charge on any atom is 0.287 e. The first-order chi connectivity index (χ1) is 13.3. The van der Waals surface area contributed by atoms with E-state index in [0.29, 0.717) is 0 Å². The fraction of sp³-hybridized carbons (Fsp3) is 0.250. The van der Waals surface area contributed by atoms with Gasteiger partial charge in [-0.25, -0.2) is 4.57 Å². The van der Waals surface area contributed by atoms with Gasteiger partial charge in [-0.05, 0) is 65.6 Å². The quantitative estimate of drug-likeness (QED) is 0.266. The van der Waals surface area contributed by atoms with Crippen LogP contribution in [0.5, 0.6) is 0 Å². The predicted molar refractivity (Wildman–Crippen MR) is 126 cm³/mol. The number of hydrogen-bond acceptors (Lipinski definition) is 1. The first-order valence-electron chi connectivity index (χ1n) is 9.86. The van der Waals surface area contributed by atoms with Crippen molar-refractivity contribution in [3.63, 3.8) is 0 Å². The summed E-state index contributed by atoms with van der Waals surface area (Å²) >= 11 is 0. The summed E-state index contributed by atoms with van der Waals surface area (Å²) in [5, 5.41) is 8.60. The fourth-order valence-electron chi connectivity index (χ4n) is 4.54. The van der Waals surface area contributed by atoms with Gasteiger partial charge in [-0.3, -0.25) is 0 Å². The first-order valence-corrected chi connectivity index (χ1v) is 15.2. The molecule has 0 spiro atoms. The molecular weight excluding hydrogens is 375 g/mol. The van der Waals surface area contributed by atoms with Crippen LogP contribution in [0.1, 0.15) is 5.56 Å². The molecule has 0 fully saturated rings. The Morgan fingerprint density at radius 1 is 1.00 bits per heavy atom. The van der Waals surface area contributed by atoms with E-state index in [0.717, 1.165) is 5.52 Å². The second-order valence-corrected chi connectivity index (χ2v) is 16.2. The molecule has 0 bridgehead atoms. The highest BCUT2D eigenvalue weighted by Gasteiger charge is 2.33. The van der Waals surface area contributed by atoms with Crippen molar-refractivity contribution in [1.29, 1.82) is 0 Å². The summed E-state index contributed by atoms with van der Waals surface area (Å²) in [6, 6.07) is 16.1. The second-order valence-electron chi connectivity index (χ2n) is 9.02. The molecule has 1 unspecified atom stereocenters.